The number of rotatable bonds is 11. The highest BCUT2D eigenvalue weighted by Crippen LogP contribution is 2.56. The average Bonchev–Trinajstić information content (AvgIpc) is 2.94. The summed E-state index contributed by atoms with van der Waals surface area (Å²) < 4.78 is 0. The summed E-state index contributed by atoms with van der Waals surface area (Å²) >= 11 is 0. The second kappa shape index (κ2) is 15.3. The predicted octanol–water partition coefficient (Wildman–Crippen LogP) is 14.1. The molecule has 0 N–H and O–H groups in total. The van der Waals surface area contributed by atoms with Crippen molar-refractivity contribution in [3.05, 3.63) is 86.4 Å². The van der Waals surface area contributed by atoms with Crippen LogP contribution in [0.5, 0.6) is 0 Å². The van der Waals surface area contributed by atoms with E-state index in [0.29, 0.717) is 5.16 Å². The summed E-state index contributed by atoms with van der Waals surface area (Å²) in [4.78, 5) is 0. The Kier molecular flexibility index (Phi) is 13.3. The topological polar surface area (TPSA) is 0 Å². The normalized spacial score (nSPS) is 14.0. The lowest BCUT2D eigenvalue weighted by molar-refractivity contribution is 0.538. The van der Waals surface area contributed by atoms with E-state index in [-0.39, 0.29) is 21.1 Å². The van der Waals surface area contributed by atoms with Crippen molar-refractivity contribution >= 4 is 34.6 Å². The molecule has 2 aromatic carbocycles. The molecule has 0 aliphatic heterocycles. The molecule has 0 saturated carbocycles. The maximum absolute atomic E-state index is 3.18. The van der Waals surface area contributed by atoms with E-state index < -0.39 is 7.53 Å². The summed E-state index contributed by atoms with van der Waals surface area (Å²) in [6, 6.07) is 13.8. The van der Waals surface area contributed by atoms with Gasteiger partial charge in [0.25, 0.3) is 0 Å². The van der Waals surface area contributed by atoms with Gasteiger partial charge in [-0.3, -0.25) is 0 Å². The smallest absolute Gasteiger partial charge is 0.133 e. The molecule has 47 heavy (non-hydrogen) atoms. The van der Waals surface area contributed by atoms with E-state index >= 15 is 0 Å². The SMILES string of the molecule is CCC(CC)(Cc1ccccc1)PCCc1c(C(C)(C)C)c[p+](C(C)(C)C)c(C)c1-c1c(C)c(C(C)(C)C)cc(C(C)(C)P)c1CP. The molecule has 0 radical (unpaired) electrons. The molecule has 1 aromatic heterocycles. The first kappa shape index (κ1) is 40.8. The quantitative estimate of drug-likeness (QED) is 0.174. The first-order valence-electron chi connectivity index (χ1n) is 18.1. The third-order valence-corrected chi connectivity index (χ3v) is 16.2. The number of hydrogen-bond donors (Lipinski definition) is 0. The Bertz CT molecular complexity index is 1520. The van der Waals surface area contributed by atoms with Crippen LogP contribution in [0.4, 0.5) is 0 Å². The van der Waals surface area contributed by atoms with E-state index in [4.69, 9.17) is 0 Å². The first-order chi connectivity index (χ1) is 21.5. The molecule has 0 aliphatic carbocycles. The van der Waals surface area contributed by atoms with Crippen LogP contribution in [0.25, 0.3) is 11.1 Å². The van der Waals surface area contributed by atoms with Gasteiger partial charge in [-0.15, -0.1) is 27.1 Å². The van der Waals surface area contributed by atoms with Crippen molar-refractivity contribution in [2.75, 3.05) is 6.16 Å². The minimum Gasteiger partial charge on any atom is -0.133 e. The molecular formula is C43H69P4+. The van der Waals surface area contributed by atoms with Gasteiger partial charge in [0.1, 0.15) is 23.8 Å². The second-order valence-electron chi connectivity index (χ2n) is 17.7. The van der Waals surface area contributed by atoms with Gasteiger partial charge in [0, 0.05) is 23.2 Å². The second-order valence-corrected chi connectivity index (χ2v) is 24.5. The van der Waals surface area contributed by atoms with E-state index in [1.807, 2.05) is 0 Å². The maximum Gasteiger partial charge on any atom is 0.134 e. The predicted molar refractivity (Wildman–Crippen MR) is 227 cm³/mol. The van der Waals surface area contributed by atoms with E-state index in [9.17, 15) is 0 Å². The largest absolute Gasteiger partial charge is 0.134 e. The summed E-state index contributed by atoms with van der Waals surface area (Å²) in [6.07, 6.45) is 7.02. The molecule has 3 rings (SSSR count). The molecule has 4 unspecified atom stereocenters. The molecule has 0 spiro atoms. The molecule has 260 valence electrons. The molecule has 0 nitrogen and oxygen atoms in total. The van der Waals surface area contributed by atoms with Gasteiger partial charge in [-0.05, 0) is 121 Å². The summed E-state index contributed by atoms with van der Waals surface area (Å²) in [7, 11) is 6.79. The molecule has 4 atom stereocenters. The van der Waals surface area contributed by atoms with Crippen molar-refractivity contribution in [2.45, 2.75) is 162 Å². The Hall–Kier alpha value is -0.620. The molecule has 0 aliphatic rings. The average molecular weight is 710 g/mol. The Morgan fingerprint density at radius 1 is 0.723 bits per heavy atom. The molecule has 0 amide bonds. The molecule has 0 saturated heterocycles. The minimum absolute atomic E-state index is 0.0181. The lowest BCUT2D eigenvalue weighted by atomic mass is 9.75. The van der Waals surface area contributed by atoms with E-state index in [1.54, 1.807) is 27.5 Å². The lowest BCUT2D eigenvalue weighted by Crippen LogP contribution is -2.25. The van der Waals surface area contributed by atoms with E-state index in [0.717, 1.165) is 21.2 Å². The lowest BCUT2D eigenvalue weighted by Gasteiger charge is -2.34. The van der Waals surface area contributed by atoms with Gasteiger partial charge in [0.05, 0.1) is 0 Å². The van der Waals surface area contributed by atoms with Crippen molar-refractivity contribution in [3.63, 3.8) is 0 Å². The van der Waals surface area contributed by atoms with Crippen LogP contribution in [-0.4, -0.2) is 11.3 Å². The summed E-state index contributed by atoms with van der Waals surface area (Å²) in [5, 5.41) is 2.17. The number of hydrogen-bond acceptors (Lipinski definition) is 0. The Labute approximate surface area is 299 Å². The van der Waals surface area contributed by atoms with Gasteiger partial charge >= 0.3 is 0 Å². The van der Waals surface area contributed by atoms with Crippen molar-refractivity contribution in [1.29, 1.82) is 0 Å². The highest BCUT2D eigenvalue weighted by atomic mass is 31.1. The Morgan fingerprint density at radius 3 is 1.72 bits per heavy atom. The zero-order valence-corrected chi connectivity index (χ0v) is 37.1. The molecule has 0 bridgehead atoms. The molecule has 1 heterocycles. The number of benzene rings is 2. The van der Waals surface area contributed by atoms with Crippen molar-refractivity contribution in [2.24, 2.45) is 0 Å². The zero-order valence-electron chi connectivity index (χ0n) is 32.9. The third kappa shape index (κ3) is 9.39. The van der Waals surface area contributed by atoms with Crippen LogP contribution in [-0.2, 0) is 40.1 Å². The van der Waals surface area contributed by atoms with Crippen LogP contribution < -0.4 is 0 Å². The summed E-state index contributed by atoms with van der Waals surface area (Å²) in [5.41, 5.74) is 14.0. The van der Waals surface area contributed by atoms with Crippen LogP contribution >= 0.6 is 34.6 Å². The van der Waals surface area contributed by atoms with Gasteiger partial charge in [-0.2, -0.15) is 0 Å². The standard InChI is InChI=1S/C43H69P4/c1-16-43(17-2,26-31-21-19-18-20-22-31)46-24-23-32-36(40(8,9)10)28-47(41(11,12)13)30(4)38(32)37-29(3)34(39(5,6)7)25-35(33(37)27-44)42(14,15)45/h18-22,25,28,46H,16-17,23-24,26-27,44-45H2,1-15H3/q+1. The fourth-order valence-electron chi connectivity index (χ4n) is 7.70. The molecule has 0 fully saturated rings. The van der Waals surface area contributed by atoms with Crippen LogP contribution in [0.15, 0.2) is 42.2 Å². The highest BCUT2D eigenvalue weighted by molar-refractivity contribution is 7.51. The molecule has 3 aromatic rings. The van der Waals surface area contributed by atoms with Crippen LogP contribution in [0.1, 0.15) is 147 Å². The maximum atomic E-state index is 3.18. The van der Waals surface area contributed by atoms with Gasteiger partial charge in [0.2, 0.25) is 0 Å². The van der Waals surface area contributed by atoms with Crippen LogP contribution in [0, 0.1) is 13.8 Å². The Balaban J connectivity index is 2.43. The van der Waals surface area contributed by atoms with Crippen molar-refractivity contribution in [1.82, 2.24) is 0 Å². The zero-order chi connectivity index (χ0) is 35.8. The Morgan fingerprint density at radius 2 is 1.28 bits per heavy atom. The summed E-state index contributed by atoms with van der Waals surface area (Å²) in [5.74, 6) is 2.76. The highest BCUT2D eigenvalue weighted by Gasteiger charge is 2.38. The fourth-order valence-corrected chi connectivity index (χ4v) is 13.0. The van der Waals surface area contributed by atoms with Crippen molar-refractivity contribution < 1.29 is 0 Å². The van der Waals surface area contributed by atoms with Gasteiger partial charge in [-0.1, -0.05) is 106 Å². The fraction of sp³-hybridized carbons (Fsp3) is 0.605. The minimum atomic E-state index is -0.463. The summed E-state index contributed by atoms with van der Waals surface area (Å²) in [6.45, 7) is 36.5. The van der Waals surface area contributed by atoms with E-state index in [2.05, 4.69) is 165 Å². The monoisotopic (exact) mass is 709 g/mol. The van der Waals surface area contributed by atoms with Gasteiger partial charge in [-0.25, -0.2) is 0 Å². The van der Waals surface area contributed by atoms with E-state index in [1.165, 1.54) is 53.2 Å². The molecule has 4 heteroatoms. The first-order valence-corrected chi connectivity index (χ1v) is 22.1. The van der Waals surface area contributed by atoms with Crippen LogP contribution in [0.3, 0.4) is 0 Å². The van der Waals surface area contributed by atoms with Gasteiger partial charge in [0.15, 0.2) is 0 Å². The van der Waals surface area contributed by atoms with Crippen molar-refractivity contribution in [3.8, 4) is 11.1 Å². The van der Waals surface area contributed by atoms with Gasteiger partial charge < -0.3 is 0 Å². The molecular weight excluding hydrogens is 640 g/mol. The van der Waals surface area contributed by atoms with Crippen LogP contribution in [0.2, 0.25) is 0 Å². The third-order valence-electron chi connectivity index (χ3n) is 10.4.